The molecule has 0 aliphatic heterocycles. The van der Waals surface area contributed by atoms with E-state index < -0.39 is 18.2 Å². The SMILES string of the molecule is C[C@@H](OCC(O)c1ccccc1)C(=O)O. The van der Waals surface area contributed by atoms with E-state index in [2.05, 4.69) is 0 Å². The van der Waals surface area contributed by atoms with E-state index in [1.807, 2.05) is 6.07 Å². The largest absolute Gasteiger partial charge is 0.479 e. The number of ether oxygens (including phenoxy) is 1. The summed E-state index contributed by atoms with van der Waals surface area (Å²) in [7, 11) is 0. The maximum absolute atomic E-state index is 10.4. The minimum atomic E-state index is -1.03. The maximum atomic E-state index is 10.4. The molecule has 0 aromatic heterocycles. The van der Waals surface area contributed by atoms with Crippen LogP contribution in [0.4, 0.5) is 0 Å². The van der Waals surface area contributed by atoms with E-state index in [1.54, 1.807) is 24.3 Å². The summed E-state index contributed by atoms with van der Waals surface area (Å²) in [6.07, 6.45) is -1.68. The summed E-state index contributed by atoms with van der Waals surface area (Å²) in [5.41, 5.74) is 0.718. The van der Waals surface area contributed by atoms with Crippen molar-refractivity contribution in [2.45, 2.75) is 19.1 Å². The molecule has 4 nitrogen and oxygen atoms in total. The van der Waals surface area contributed by atoms with Crippen LogP contribution < -0.4 is 0 Å². The van der Waals surface area contributed by atoms with E-state index in [1.165, 1.54) is 6.92 Å². The van der Waals surface area contributed by atoms with Gasteiger partial charge in [0, 0.05) is 0 Å². The Labute approximate surface area is 88.1 Å². The van der Waals surface area contributed by atoms with E-state index in [4.69, 9.17) is 9.84 Å². The van der Waals surface area contributed by atoms with Gasteiger partial charge in [0.2, 0.25) is 0 Å². The second-order valence-electron chi connectivity index (χ2n) is 3.24. The number of aliphatic carboxylic acids is 1. The summed E-state index contributed by atoms with van der Waals surface area (Å²) in [4.78, 5) is 10.4. The van der Waals surface area contributed by atoms with Crippen LogP contribution in [0.15, 0.2) is 30.3 Å². The molecule has 2 N–H and O–H groups in total. The van der Waals surface area contributed by atoms with Crippen LogP contribution in [0.25, 0.3) is 0 Å². The van der Waals surface area contributed by atoms with Gasteiger partial charge in [-0.2, -0.15) is 0 Å². The summed E-state index contributed by atoms with van der Waals surface area (Å²) >= 11 is 0. The number of carbonyl (C=O) groups is 1. The second kappa shape index (κ2) is 5.48. The fourth-order valence-electron chi connectivity index (χ4n) is 1.08. The fraction of sp³-hybridized carbons (Fsp3) is 0.364. The Bertz CT molecular complexity index is 310. The van der Waals surface area contributed by atoms with E-state index >= 15 is 0 Å². The van der Waals surface area contributed by atoms with Gasteiger partial charge < -0.3 is 14.9 Å². The van der Waals surface area contributed by atoms with Crippen molar-refractivity contribution < 1.29 is 19.7 Å². The van der Waals surface area contributed by atoms with Crippen molar-refractivity contribution in [1.29, 1.82) is 0 Å². The van der Waals surface area contributed by atoms with Crippen LogP contribution in [0.2, 0.25) is 0 Å². The number of aliphatic hydroxyl groups is 1. The summed E-state index contributed by atoms with van der Waals surface area (Å²) < 4.78 is 4.97. The molecule has 4 heteroatoms. The van der Waals surface area contributed by atoms with E-state index in [9.17, 15) is 9.90 Å². The Morgan fingerprint density at radius 2 is 2.00 bits per heavy atom. The Morgan fingerprint density at radius 1 is 1.40 bits per heavy atom. The van der Waals surface area contributed by atoms with Crippen LogP contribution in [0.1, 0.15) is 18.6 Å². The lowest BCUT2D eigenvalue weighted by molar-refractivity contribution is -0.150. The fourth-order valence-corrected chi connectivity index (χ4v) is 1.08. The molecule has 1 unspecified atom stereocenters. The molecule has 1 rings (SSSR count). The first-order valence-corrected chi connectivity index (χ1v) is 4.68. The Kier molecular flexibility index (Phi) is 4.27. The molecule has 0 saturated heterocycles. The van der Waals surface area contributed by atoms with Gasteiger partial charge in [0.1, 0.15) is 6.10 Å². The van der Waals surface area contributed by atoms with Crippen LogP contribution >= 0.6 is 0 Å². The summed E-state index contributed by atoms with van der Waals surface area (Å²) in [6, 6.07) is 8.98. The summed E-state index contributed by atoms with van der Waals surface area (Å²) in [5.74, 6) is -1.03. The standard InChI is InChI=1S/C11H14O4/c1-8(11(13)14)15-7-10(12)9-5-3-2-4-6-9/h2-6,8,10,12H,7H2,1H3,(H,13,14)/t8-,10?/m1/s1. The molecule has 82 valence electrons. The molecular formula is C11H14O4. The Morgan fingerprint density at radius 3 is 2.53 bits per heavy atom. The van der Waals surface area contributed by atoms with Gasteiger partial charge in [-0.05, 0) is 12.5 Å². The third-order valence-corrected chi connectivity index (χ3v) is 2.04. The predicted octanol–water partition coefficient (Wildman–Crippen LogP) is 1.21. The zero-order valence-electron chi connectivity index (χ0n) is 8.46. The third kappa shape index (κ3) is 3.69. The smallest absolute Gasteiger partial charge is 0.332 e. The van der Waals surface area contributed by atoms with Gasteiger partial charge in [-0.1, -0.05) is 30.3 Å². The number of carboxylic acids is 1. The number of hydrogen-bond acceptors (Lipinski definition) is 3. The van der Waals surface area contributed by atoms with Crippen molar-refractivity contribution in [3.63, 3.8) is 0 Å². The summed E-state index contributed by atoms with van der Waals surface area (Å²) in [5, 5.41) is 18.2. The van der Waals surface area contributed by atoms with Gasteiger partial charge in [-0.3, -0.25) is 0 Å². The number of aliphatic hydroxyl groups excluding tert-OH is 1. The van der Waals surface area contributed by atoms with Crippen molar-refractivity contribution >= 4 is 5.97 Å². The van der Waals surface area contributed by atoms with E-state index in [0.29, 0.717) is 0 Å². The number of benzene rings is 1. The highest BCUT2D eigenvalue weighted by Crippen LogP contribution is 2.12. The van der Waals surface area contributed by atoms with Crippen molar-refractivity contribution in [3.8, 4) is 0 Å². The molecule has 0 amide bonds. The number of rotatable bonds is 5. The van der Waals surface area contributed by atoms with Crippen molar-refractivity contribution in [3.05, 3.63) is 35.9 Å². The molecule has 15 heavy (non-hydrogen) atoms. The normalized spacial score (nSPS) is 14.5. The van der Waals surface area contributed by atoms with Crippen LogP contribution in [-0.2, 0) is 9.53 Å². The molecule has 0 heterocycles. The number of carboxylic acid groups (broad SMARTS) is 1. The minimum Gasteiger partial charge on any atom is -0.479 e. The summed E-state index contributed by atoms with van der Waals surface area (Å²) in [6.45, 7) is 1.41. The number of hydrogen-bond donors (Lipinski definition) is 2. The molecule has 0 aliphatic rings. The molecule has 0 bridgehead atoms. The zero-order chi connectivity index (χ0) is 11.3. The lowest BCUT2D eigenvalue weighted by Gasteiger charge is -2.13. The molecule has 0 fully saturated rings. The molecule has 1 aromatic carbocycles. The Hall–Kier alpha value is -1.39. The van der Waals surface area contributed by atoms with Crippen LogP contribution in [-0.4, -0.2) is 28.9 Å². The first-order chi connectivity index (χ1) is 7.11. The quantitative estimate of drug-likeness (QED) is 0.766. The zero-order valence-corrected chi connectivity index (χ0v) is 8.46. The van der Waals surface area contributed by atoms with Gasteiger partial charge in [0.05, 0.1) is 6.61 Å². The average Bonchev–Trinajstić information content (AvgIpc) is 2.26. The highest BCUT2D eigenvalue weighted by molar-refractivity contribution is 5.71. The highest BCUT2D eigenvalue weighted by atomic mass is 16.5. The first-order valence-electron chi connectivity index (χ1n) is 4.68. The van der Waals surface area contributed by atoms with E-state index in [-0.39, 0.29) is 6.61 Å². The van der Waals surface area contributed by atoms with Crippen molar-refractivity contribution in [2.24, 2.45) is 0 Å². The lowest BCUT2D eigenvalue weighted by atomic mass is 10.1. The molecule has 1 aromatic rings. The predicted molar refractivity (Wildman–Crippen MR) is 54.5 cm³/mol. The van der Waals surface area contributed by atoms with Crippen LogP contribution in [0.3, 0.4) is 0 Å². The third-order valence-electron chi connectivity index (χ3n) is 2.04. The van der Waals surface area contributed by atoms with Crippen molar-refractivity contribution in [1.82, 2.24) is 0 Å². The average molecular weight is 210 g/mol. The van der Waals surface area contributed by atoms with Gasteiger partial charge >= 0.3 is 5.97 Å². The van der Waals surface area contributed by atoms with Gasteiger partial charge in [0.25, 0.3) is 0 Å². The Balaban J connectivity index is 2.43. The van der Waals surface area contributed by atoms with Crippen molar-refractivity contribution in [2.75, 3.05) is 6.61 Å². The lowest BCUT2D eigenvalue weighted by Crippen LogP contribution is -2.22. The highest BCUT2D eigenvalue weighted by Gasteiger charge is 2.14. The van der Waals surface area contributed by atoms with Gasteiger partial charge in [0.15, 0.2) is 6.10 Å². The monoisotopic (exact) mass is 210 g/mol. The molecule has 2 atom stereocenters. The molecule has 0 radical (unpaired) electrons. The van der Waals surface area contributed by atoms with E-state index in [0.717, 1.165) is 5.56 Å². The maximum Gasteiger partial charge on any atom is 0.332 e. The molecule has 0 spiro atoms. The molecule has 0 aliphatic carbocycles. The van der Waals surface area contributed by atoms with Gasteiger partial charge in [-0.15, -0.1) is 0 Å². The second-order valence-corrected chi connectivity index (χ2v) is 3.24. The molecular weight excluding hydrogens is 196 g/mol. The van der Waals surface area contributed by atoms with Gasteiger partial charge in [-0.25, -0.2) is 4.79 Å². The van der Waals surface area contributed by atoms with Crippen LogP contribution in [0.5, 0.6) is 0 Å². The van der Waals surface area contributed by atoms with Crippen LogP contribution in [0, 0.1) is 0 Å². The minimum absolute atomic E-state index is 0.0164. The first kappa shape index (κ1) is 11.7. The molecule has 0 saturated carbocycles. The topological polar surface area (TPSA) is 66.8 Å².